The Morgan fingerprint density at radius 3 is 2.38 bits per heavy atom. The van der Waals surface area contributed by atoms with E-state index in [0.717, 1.165) is 5.57 Å². The van der Waals surface area contributed by atoms with E-state index in [0.29, 0.717) is 57.9 Å². The fourth-order valence-electron chi connectivity index (χ4n) is 7.64. The van der Waals surface area contributed by atoms with Gasteiger partial charge in [-0.15, -0.1) is 0 Å². The monoisotopic (exact) mass is 544 g/mol. The fourth-order valence-corrected chi connectivity index (χ4v) is 7.64. The molecule has 2 fully saturated rings. The molecule has 0 spiro atoms. The smallest absolute Gasteiger partial charge is 0.185 e. The van der Waals surface area contributed by atoms with Crippen LogP contribution in [0.4, 0.5) is 0 Å². The summed E-state index contributed by atoms with van der Waals surface area (Å²) in [6, 6.07) is 1.30. The predicted octanol–water partition coefficient (Wildman–Crippen LogP) is 1.19. The molecule has 0 heterocycles. The summed E-state index contributed by atoms with van der Waals surface area (Å²) >= 11 is 0. The van der Waals surface area contributed by atoms with Gasteiger partial charge in [-0.05, 0) is 70.1 Å². The first-order valence-corrected chi connectivity index (χ1v) is 14.2. The molecule has 0 aromatic carbocycles. The molecule has 3 rings (SSSR count). The summed E-state index contributed by atoms with van der Waals surface area (Å²) in [6.07, 6.45) is 6.55. The summed E-state index contributed by atoms with van der Waals surface area (Å²) in [5.41, 5.74) is 24.9. The molecular weight excluding hydrogens is 496 g/mol. The Balaban J connectivity index is 1.77. The molecule has 2 saturated carbocycles. The van der Waals surface area contributed by atoms with Crippen LogP contribution >= 0.6 is 0 Å². The number of hydrogen-bond donors (Lipinski definition) is 9. The molecule has 0 radical (unpaired) electrons. The van der Waals surface area contributed by atoms with Crippen molar-refractivity contribution in [2.45, 2.75) is 95.5 Å². The van der Waals surface area contributed by atoms with E-state index in [1.165, 1.54) is 0 Å². The van der Waals surface area contributed by atoms with Crippen molar-refractivity contribution >= 4 is 11.9 Å². The Labute approximate surface area is 231 Å². The van der Waals surface area contributed by atoms with Gasteiger partial charge in [0.2, 0.25) is 0 Å². The summed E-state index contributed by atoms with van der Waals surface area (Å²) < 4.78 is 0. The average molecular weight is 545 g/mol. The van der Waals surface area contributed by atoms with Crippen LogP contribution in [0.15, 0.2) is 16.8 Å². The number of nitrogens with one attached hydrogen (secondary N) is 4. The van der Waals surface area contributed by atoms with Gasteiger partial charge in [0.05, 0.1) is 23.6 Å². The number of guanidine groups is 2. The number of nitroso groups, excluding NO2 is 1. The second-order valence-electron chi connectivity index (χ2n) is 12.3. The van der Waals surface area contributed by atoms with Crippen molar-refractivity contribution in [3.8, 4) is 6.07 Å². The van der Waals surface area contributed by atoms with Gasteiger partial charge in [-0.25, -0.2) is 0 Å². The van der Waals surface area contributed by atoms with Crippen LogP contribution in [0.2, 0.25) is 0 Å². The third kappa shape index (κ3) is 7.07. The highest BCUT2D eigenvalue weighted by atomic mass is 16.3. The quantitative estimate of drug-likeness (QED) is 0.0873. The Morgan fingerprint density at radius 1 is 1.21 bits per heavy atom. The van der Waals surface area contributed by atoms with E-state index in [9.17, 15) is 15.3 Å². The molecule has 0 amide bonds. The highest BCUT2D eigenvalue weighted by molar-refractivity contribution is 5.75. The van der Waals surface area contributed by atoms with Crippen molar-refractivity contribution in [2.75, 3.05) is 6.54 Å². The molecule has 13 N–H and O–H groups in total. The Morgan fingerprint density at radius 2 is 1.85 bits per heavy atom. The molecule has 12 heteroatoms. The molecular formula is C27H48N10O2. The van der Waals surface area contributed by atoms with Gasteiger partial charge < -0.3 is 38.7 Å². The van der Waals surface area contributed by atoms with Crippen molar-refractivity contribution in [2.24, 2.45) is 63.1 Å². The van der Waals surface area contributed by atoms with Gasteiger partial charge >= 0.3 is 0 Å². The van der Waals surface area contributed by atoms with Crippen molar-refractivity contribution in [1.82, 2.24) is 10.6 Å². The first-order chi connectivity index (χ1) is 18.4. The van der Waals surface area contributed by atoms with Crippen LogP contribution in [0.25, 0.3) is 0 Å². The SMILES string of the molecule is CC[C@@H]1C(N=O)C(C[C@@H]2[C@@H](O)[C@H](C[C@H]3CC(CNC(=N)N)=CC[C@H]3NC(=N)N)[C@@H](N)C[C@H]2N)CC[C@]1(C)C#N. The first-order valence-electron chi connectivity index (χ1n) is 14.2. The molecule has 39 heavy (non-hydrogen) atoms. The highest BCUT2D eigenvalue weighted by Gasteiger charge is 2.50. The van der Waals surface area contributed by atoms with Crippen LogP contribution in [-0.2, 0) is 0 Å². The number of aliphatic hydroxyl groups excluding tert-OH is 1. The number of nitrogens with two attached hydrogens (primary N) is 4. The van der Waals surface area contributed by atoms with Crippen molar-refractivity contribution in [3.05, 3.63) is 16.6 Å². The van der Waals surface area contributed by atoms with Crippen LogP contribution < -0.4 is 33.6 Å². The fraction of sp³-hybridized carbons (Fsp3) is 0.815. The summed E-state index contributed by atoms with van der Waals surface area (Å²) in [5.74, 6) is -0.741. The predicted molar refractivity (Wildman–Crippen MR) is 152 cm³/mol. The minimum Gasteiger partial charge on any atom is -0.392 e. The number of nitriles is 1. The molecule has 11 atom stereocenters. The number of hydrogen-bond acceptors (Lipinski definition) is 8. The van der Waals surface area contributed by atoms with E-state index in [1.807, 2.05) is 13.8 Å². The minimum absolute atomic E-state index is 0.0384. The summed E-state index contributed by atoms with van der Waals surface area (Å²) in [7, 11) is 0. The maximum absolute atomic E-state index is 12.0. The molecule has 218 valence electrons. The lowest BCUT2D eigenvalue weighted by molar-refractivity contribution is -0.0333. The molecule has 3 aliphatic carbocycles. The van der Waals surface area contributed by atoms with Crippen LogP contribution in [0.5, 0.6) is 0 Å². The molecule has 0 bridgehead atoms. The molecule has 0 aromatic heterocycles. The van der Waals surface area contributed by atoms with Crippen LogP contribution in [0.3, 0.4) is 0 Å². The molecule has 2 unspecified atom stereocenters. The van der Waals surface area contributed by atoms with E-state index < -0.39 is 17.6 Å². The summed E-state index contributed by atoms with van der Waals surface area (Å²) in [6.45, 7) is 4.39. The van der Waals surface area contributed by atoms with Crippen LogP contribution in [-0.4, -0.2) is 53.8 Å². The van der Waals surface area contributed by atoms with Gasteiger partial charge in [0.15, 0.2) is 11.9 Å². The van der Waals surface area contributed by atoms with Crippen molar-refractivity contribution in [1.29, 1.82) is 16.1 Å². The zero-order valence-electron chi connectivity index (χ0n) is 23.3. The number of aliphatic hydroxyl groups is 1. The van der Waals surface area contributed by atoms with E-state index in [1.54, 1.807) is 0 Å². The molecule has 0 aromatic rings. The second-order valence-corrected chi connectivity index (χ2v) is 12.3. The second kappa shape index (κ2) is 13.1. The zero-order valence-corrected chi connectivity index (χ0v) is 23.3. The normalized spacial score (nSPS) is 40.6. The average Bonchev–Trinajstić information content (AvgIpc) is 2.88. The Bertz CT molecular complexity index is 967. The summed E-state index contributed by atoms with van der Waals surface area (Å²) in [4.78, 5) is 12.0. The number of rotatable bonds is 9. The molecule has 3 aliphatic rings. The Hall–Kier alpha value is -2.75. The van der Waals surface area contributed by atoms with Gasteiger partial charge in [-0.2, -0.15) is 10.2 Å². The largest absolute Gasteiger partial charge is 0.392 e. The lowest BCUT2D eigenvalue weighted by atomic mass is 9.58. The van der Waals surface area contributed by atoms with Crippen molar-refractivity contribution < 1.29 is 5.11 Å². The maximum atomic E-state index is 12.0. The minimum atomic E-state index is -0.747. The molecule has 12 nitrogen and oxygen atoms in total. The highest BCUT2D eigenvalue weighted by Crippen LogP contribution is 2.49. The third-order valence-corrected chi connectivity index (χ3v) is 9.84. The zero-order chi connectivity index (χ0) is 28.9. The van der Waals surface area contributed by atoms with Gasteiger partial charge in [-0.3, -0.25) is 10.8 Å². The maximum Gasteiger partial charge on any atom is 0.185 e. The lowest BCUT2D eigenvalue weighted by Crippen LogP contribution is -2.57. The van der Waals surface area contributed by atoms with Gasteiger partial charge in [0.25, 0.3) is 0 Å². The van der Waals surface area contributed by atoms with Crippen LogP contribution in [0.1, 0.15) is 65.2 Å². The Kier molecular flexibility index (Phi) is 10.3. The van der Waals surface area contributed by atoms with Gasteiger partial charge in [0, 0.05) is 42.4 Å². The molecule has 0 saturated heterocycles. The van der Waals surface area contributed by atoms with E-state index in [2.05, 4.69) is 28.0 Å². The van der Waals surface area contributed by atoms with Crippen LogP contribution in [0, 0.1) is 62.1 Å². The lowest BCUT2D eigenvalue weighted by Gasteiger charge is -2.48. The molecule has 0 aliphatic heterocycles. The van der Waals surface area contributed by atoms with E-state index in [-0.39, 0.29) is 59.6 Å². The third-order valence-electron chi connectivity index (χ3n) is 9.84. The van der Waals surface area contributed by atoms with E-state index in [4.69, 9.17) is 33.8 Å². The topological polar surface area (TPSA) is 249 Å². The van der Waals surface area contributed by atoms with E-state index >= 15 is 0 Å². The summed E-state index contributed by atoms with van der Waals surface area (Å²) in [5, 5.41) is 46.2. The van der Waals surface area contributed by atoms with Gasteiger partial charge in [0.1, 0.15) is 0 Å². The first kappa shape index (κ1) is 30.8. The van der Waals surface area contributed by atoms with Crippen molar-refractivity contribution in [3.63, 3.8) is 0 Å². The standard InChI is InChI=1S/C27H48N10O2/c1-3-19-23(37-39)15(6-7-27(19,2)13-28)9-17-20(29)11-21(30)18(24(17)38)10-16-8-14(12-35-25(31)32)4-5-22(16)36-26(33)34/h4,15-24,38H,3,5-12,29-30H2,1-2H3,(H4,31,32,35)(H4,33,34,36)/t15?,16-,17+,18-,19-,20-,21+,22-,23?,24-,27-/m1/s1. The van der Waals surface area contributed by atoms with Gasteiger partial charge in [-0.1, -0.05) is 23.7 Å². The number of nitrogens with zero attached hydrogens (tertiary/aromatic N) is 2.